The van der Waals surface area contributed by atoms with Gasteiger partial charge in [0.2, 0.25) is 0 Å². The van der Waals surface area contributed by atoms with Crippen molar-refractivity contribution in [1.29, 1.82) is 0 Å². The molecule has 1 N–H and O–H groups in total. The minimum Gasteiger partial charge on any atom is -0.481 e. The topological polar surface area (TPSA) is 71.2 Å². The molecule has 2 rings (SSSR count). The Morgan fingerprint density at radius 1 is 1.69 bits per heavy atom. The van der Waals surface area contributed by atoms with E-state index in [4.69, 9.17) is 5.11 Å². The van der Waals surface area contributed by atoms with Crippen LogP contribution in [0.2, 0.25) is 0 Å². The van der Waals surface area contributed by atoms with E-state index >= 15 is 0 Å². The summed E-state index contributed by atoms with van der Waals surface area (Å²) in [5.41, 5.74) is 0. The van der Waals surface area contributed by atoms with E-state index in [9.17, 15) is 4.79 Å². The zero-order chi connectivity index (χ0) is 11.5. The number of rotatable bonds is 3. The van der Waals surface area contributed by atoms with Crippen molar-refractivity contribution in [2.75, 3.05) is 13.1 Å². The molecule has 16 heavy (non-hydrogen) atoms. The number of carboxylic acid groups (broad SMARTS) is 1. The SMILES string of the molecule is Cn1ncnc1CN1CCCC(C(=O)O)C1. The van der Waals surface area contributed by atoms with Gasteiger partial charge in [-0.2, -0.15) is 5.10 Å². The van der Waals surface area contributed by atoms with Gasteiger partial charge in [0.05, 0.1) is 12.5 Å². The second-order valence-electron chi connectivity index (χ2n) is 4.21. The van der Waals surface area contributed by atoms with E-state index in [-0.39, 0.29) is 5.92 Å². The minimum atomic E-state index is -0.692. The molecule has 0 spiro atoms. The first-order chi connectivity index (χ1) is 7.66. The molecule has 1 aliphatic rings. The number of aliphatic carboxylic acids is 1. The molecule has 1 aromatic heterocycles. The Labute approximate surface area is 93.9 Å². The second-order valence-corrected chi connectivity index (χ2v) is 4.21. The number of likely N-dealkylation sites (tertiary alicyclic amines) is 1. The van der Waals surface area contributed by atoms with Crippen LogP contribution in [0, 0.1) is 5.92 Å². The molecule has 1 atom stereocenters. The van der Waals surface area contributed by atoms with Crippen LogP contribution in [0.25, 0.3) is 0 Å². The minimum absolute atomic E-state index is 0.234. The lowest BCUT2D eigenvalue weighted by Crippen LogP contribution is -2.38. The van der Waals surface area contributed by atoms with Crippen molar-refractivity contribution in [2.24, 2.45) is 13.0 Å². The number of hydrogen-bond acceptors (Lipinski definition) is 4. The van der Waals surface area contributed by atoms with Crippen molar-refractivity contribution in [3.8, 4) is 0 Å². The third-order valence-corrected chi connectivity index (χ3v) is 3.02. The van der Waals surface area contributed by atoms with E-state index in [0.717, 1.165) is 25.2 Å². The third kappa shape index (κ3) is 2.38. The number of hydrogen-bond donors (Lipinski definition) is 1. The van der Waals surface area contributed by atoms with E-state index in [0.29, 0.717) is 13.1 Å². The average molecular weight is 224 g/mol. The molecule has 1 unspecified atom stereocenters. The van der Waals surface area contributed by atoms with Crippen LogP contribution < -0.4 is 0 Å². The van der Waals surface area contributed by atoms with Gasteiger partial charge in [-0.3, -0.25) is 14.4 Å². The zero-order valence-electron chi connectivity index (χ0n) is 9.33. The summed E-state index contributed by atoms with van der Waals surface area (Å²) in [6.45, 7) is 2.24. The van der Waals surface area contributed by atoms with Crippen LogP contribution in [-0.2, 0) is 18.4 Å². The first-order valence-electron chi connectivity index (χ1n) is 5.45. The summed E-state index contributed by atoms with van der Waals surface area (Å²) in [7, 11) is 1.85. The van der Waals surface area contributed by atoms with Gasteiger partial charge in [0.15, 0.2) is 0 Å². The molecule has 0 aliphatic carbocycles. The maximum absolute atomic E-state index is 10.9. The van der Waals surface area contributed by atoms with Gasteiger partial charge in [-0.1, -0.05) is 0 Å². The number of carbonyl (C=O) groups is 1. The lowest BCUT2D eigenvalue weighted by Gasteiger charge is -2.29. The summed E-state index contributed by atoms with van der Waals surface area (Å²) in [5.74, 6) is -0.0457. The van der Waals surface area contributed by atoms with Crippen LogP contribution in [0.4, 0.5) is 0 Å². The maximum Gasteiger partial charge on any atom is 0.307 e. The average Bonchev–Trinajstić information content (AvgIpc) is 2.65. The molecule has 1 saturated heterocycles. The highest BCUT2D eigenvalue weighted by Crippen LogP contribution is 2.17. The molecular formula is C10H16N4O2. The fourth-order valence-corrected chi connectivity index (χ4v) is 2.06. The molecule has 2 heterocycles. The third-order valence-electron chi connectivity index (χ3n) is 3.02. The Hall–Kier alpha value is -1.43. The van der Waals surface area contributed by atoms with Gasteiger partial charge in [0, 0.05) is 13.6 Å². The number of piperidine rings is 1. The molecule has 88 valence electrons. The number of aryl methyl sites for hydroxylation is 1. The van der Waals surface area contributed by atoms with Gasteiger partial charge in [0.25, 0.3) is 0 Å². The summed E-state index contributed by atoms with van der Waals surface area (Å²) in [6, 6.07) is 0. The summed E-state index contributed by atoms with van der Waals surface area (Å²) >= 11 is 0. The van der Waals surface area contributed by atoms with E-state index in [2.05, 4.69) is 15.0 Å². The Bertz CT molecular complexity index is 377. The van der Waals surface area contributed by atoms with Crippen LogP contribution >= 0.6 is 0 Å². The molecule has 0 saturated carbocycles. The lowest BCUT2D eigenvalue weighted by molar-refractivity contribution is -0.143. The quantitative estimate of drug-likeness (QED) is 0.789. The van der Waals surface area contributed by atoms with Gasteiger partial charge in [-0.15, -0.1) is 0 Å². The van der Waals surface area contributed by atoms with Crippen molar-refractivity contribution in [1.82, 2.24) is 19.7 Å². The Balaban J connectivity index is 1.95. The van der Waals surface area contributed by atoms with E-state index in [1.165, 1.54) is 6.33 Å². The van der Waals surface area contributed by atoms with Crippen molar-refractivity contribution in [3.63, 3.8) is 0 Å². The van der Waals surface area contributed by atoms with Crippen LogP contribution in [0.15, 0.2) is 6.33 Å². The fraction of sp³-hybridized carbons (Fsp3) is 0.700. The fourth-order valence-electron chi connectivity index (χ4n) is 2.06. The first-order valence-corrected chi connectivity index (χ1v) is 5.45. The normalized spacial score (nSPS) is 22.2. The highest BCUT2D eigenvalue weighted by Gasteiger charge is 2.25. The largest absolute Gasteiger partial charge is 0.481 e. The van der Waals surface area contributed by atoms with Crippen molar-refractivity contribution in [3.05, 3.63) is 12.2 Å². The van der Waals surface area contributed by atoms with Crippen LogP contribution in [0.5, 0.6) is 0 Å². The predicted octanol–water partition coefficient (Wildman–Crippen LogP) is 0.112. The Morgan fingerprint density at radius 3 is 3.12 bits per heavy atom. The lowest BCUT2D eigenvalue weighted by atomic mass is 9.98. The number of aromatic nitrogens is 3. The molecule has 0 amide bonds. The van der Waals surface area contributed by atoms with E-state index in [1.807, 2.05) is 7.05 Å². The van der Waals surface area contributed by atoms with Gasteiger partial charge in [-0.25, -0.2) is 4.98 Å². The standard InChI is InChI=1S/C10H16N4O2/c1-13-9(11-7-12-13)6-14-4-2-3-8(5-14)10(15)16/h7-8H,2-6H2,1H3,(H,15,16). The summed E-state index contributed by atoms with van der Waals surface area (Å²) in [5, 5.41) is 13.0. The predicted molar refractivity (Wildman–Crippen MR) is 56.6 cm³/mol. The molecule has 0 bridgehead atoms. The monoisotopic (exact) mass is 224 g/mol. The molecule has 6 heteroatoms. The van der Waals surface area contributed by atoms with Crippen LogP contribution in [0.3, 0.4) is 0 Å². The first kappa shape index (κ1) is 11.1. The number of carboxylic acids is 1. The molecular weight excluding hydrogens is 208 g/mol. The number of nitrogens with zero attached hydrogens (tertiary/aromatic N) is 4. The Morgan fingerprint density at radius 2 is 2.50 bits per heavy atom. The van der Waals surface area contributed by atoms with Gasteiger partial charge in [0.1, 0.15) is 12.2 Å². The van der Waals surface area contributed by atoms with Crippen molar-refractivity contribution in [2.45, 2.75) is 19.4 Å². The maximum atomic E-state index is 10.9. The molecule has 1 fully saturated rings. The van der Waals surface area contributed by atoms with Crippen molar-refractivity contribution >= 4 is 5.97 Å². The van der Waals surface area contributed by atoms with Crippen molar-refractivity contribution < 1.29 is 9.90 Å². The van der Waals surface area contributed by atoms with Crippen LogP contribution in [-0.4, -0.2) is 43.8 Å². The summed E-state index contributed by atoms with van der Waals surface area (Å²) < 4.78 is 1.73. The van der Waals surface area contributed by atoms with E-state index < -0.39 is 5.97 Å². The smallest absolute Gasteiger partial charge is 0.307 e. The Kier molecular flexibility index (Phi) is 3.19. The molecule has 1 aromatic rings. The molecule has 1 aliphatic heterocycles. The summed E-state index contributed by atoms with van der Waals surface area (Å²) in [4.78, 5) is 17.2. The van der Waals surface area contributed by atoms with Gasteiger partial charge < -0.3 is 5.11 Å². The summed E-state index contributed by atoms with van der Waals surface area (Å²) in [6.07, 6.45) is 3.24. The zero-order valence-corrected chi connectivity index (χ0v) is 9.33. The van der Waals surface area contributed by atoms with Crippen LogP contribution in [0.1, 0.15) is 18.7 Å². The highest BCUT2D eigenvalue weighted by molar-refractivity contribution is 5.70. The second kappa shape index (κ2) is 4.61. The van der Waals surface area contributed by atoms with Gasteiger partial charge in [-0.05, 0) is 19.4 Å². The van der Waals surface area contributed by atoms with E-state index in [1.54, 1.807) is 4.68 Å². The molecule has 6 nitrogen and oxygen atoms in total. The molecule has 0 aromatic carbocycles. The molecule has 0 radical (unpaired) electrons. The van der Waals surface area contributed by atoms with Gasteiger partial charge >= 0.3 is 5.97 Å². The highest BCUT2D eigenvalue weighted by atomic mass is 16.4.